The maximum absolute atomic E-state index is 12.7. The number of nitrogens with zero attached hydrogens (tertiary/aromatic N) is 1. The van der Waals surface area contributed by atoms with Gasteiger partial charge in [-0.3, -0.25) is 0 Å². The van der Waals surface area contributed by atoms with Gasteiger partial charge in [-0.15, -0.1) is 11.3 Å². The Bertz CT molecular complexity index is 1080. The minimum atomic E-state index is -0.243. The Morgan fingerprint density at radius 2 is 1.96 bits per heavy atom. The number of thiophene rings is 1. The lowest BCUT2D eigenvalue weighted by Crippen LogP contribution is -2.08. The maximum Gasteiger partial charge on any atom is 0.340 e. The molecule has 2 aromatic heterocycles. The number of carbonyl (C=O) groups excluding carboxylic acids is 1. The molecule has 0 aliphatic carbocycles. The van der Waals surface area contributed by atoms with Gasteiger partial charge in [-0.25, -0.2) is 4.79 Å². The van der Waals surface area contributed by atoms with E-state index in [-0.39, 0.29) is 5.97 Å². The average molecular weight is 363 g/mol. The zero-order valence-electron chi connectivity index (χ0n) is 15.0. The molecule has 0 saturated heterocycles. The second-order valence-electron chi connectivity index (χ2n) is 6.43. The third-order valence-corrected chi connectivity index (χ3v) is 5.69. The van der Waals surface area contributed by atoms with Crippen LogP contribution in [0.1, 0.15) is 30.1 Å². The van der Waals surface area contributed by atoms with Crippen LogP contribution < -0.4 is 0 Å². The van der Waals surface area contributed by atoms with Crippen LogP contribution in [0.2, 0.25) is 0 Å². The largest absolute Gasteiger partial charge is 0.462 e. The topological polar surface area (TPSA) is 31.2 Å². The van der Waals surface area contributed by atoms with Crippen LogP contribution in [-0.4, -0.2) is 17.1 Å². The van der Waals surface area contributed by atoms with E-state index >= 15 is 0 Å². The Morgan fingerprint density at radius 1 is 1.12 bits per heavy atom. The number of para-hydroxylation sites is 1. The molecule has 0 aliphatic rings. The van der Waals surface area contributed by atoms with E-state index in [4.69, 9.17) is 4.74 Å². The number of aryl methyl sites for hydroxylation is 1. The van der Waals surface area contributed by atoms with Crippen LogP contribution in [0.3, 0.4) is 0 Å². The average Bonchev–Trinajstić information content (AvgIpc) is 3.29. The Balaban J connectivity index is 1.98. The summed E-state index contributed by atoms with van der Waals surface area (Å²) in [5, 5.41) is 4.37. The molecule has 2 aromatic carbocycles. The zero-order valence-corrected chi connectivity index (χ0v) is 15.8. The Hall–Kier alpha value is -2.59. The molecule has 0 radical (unpaired) electrons. The Morgan fingerprint density at radius 3 is 2.73 bits per heavy atom. The molecule has 132 valence electrons. The fraction of sp³-hybridized carbons (Fsp3) is 0.227. The molecule has 0 aliphatic heterocycles. The van der Waals surface area contributed by atoms with Crippen molar-refractivity contribution in [3.63, 3.8) is 0 Å². The summed E-state index contributed by atoms with van der Waals surface area (Å²) in [5.74, 6) is -0.243. The molecule has 3 nitrogen and oxygen atoms in total. The van der Waals surface area contributed by atoms with Crippen LogP contribution >= 0.6 is 11.3 Å². The number of hydrogen-bond donors (Lipinski definition) is 0. The minimum Gasteiger partial charge on any atom is -0.462 e. The molecule has 0 atom stereocenters. The van der Waals surface area contributed by atoms with Gasteiger partial charge in [0, 0.05) is 33.8 Å². The van der Waals surface area contributed by atoms with E-state index in [1.54, 1.807) is 11.3 Å². The number of esters is 1. The first-order valence-electron chi connectivity index (χ1n) is 8.93. The van der Waals surface area contributed by atoms with E-state index in [1.165, 1.54) is 4.88 Å². The van der Waals surface area contributed by atoms with Crippen molar-refractivity contribution >= 4 is 39.1 Å². The second-order valence-corrected chi connectivity index (χ2v) is 7.37. The molecule has 26 heavy (non-hydrogen) atoms. The van der Waals surface area contributed by atoms with Crippen LogP contribution in [-0.2, 0) is 11.8 Å². The standard InChI is InChI=1S/C22H21NO2S/c1-3-4-13-25-22(24)17-12-11-16(19-10-7-14-26-19)20-15-8-5-6-9-18(15)23(2)21(17)20/h5-12,14H,3-4,13H2,1-2H3. The molecule has 0 amide bonds. The van der Waals surface area contributed by atoms with E-state index < -0.39 is 0 Å². The number of benzene rings is 2. The van der Waals surface area contributed by atoms with Crippen molar-refractivity contribution in [2.45, 2.75) is 19.8 Å². The monoisotopic (exact) mass is 363 g/mol. The summed E-state index contributed by atoms with van der Waals surface area (Å²) >= 11 is 1.71. The highest BCUT2D eigenvalue weighted by Gasteiger charge is 2.20. The van der Waals surface area contributed by atoms with Crippen LogP contribution in [0, 0.1) is 0 Å². The summed E-state index contributed by atoms with van der Waals surface area (Å²) < 4.78 is 7.62. The quantitative estimate of drug-likeness (QED) is 0.321. The summed E-state index contributed by atoms with van der Waals surface area (Å²) in [6.07, 6.45) is 1.89. The van der Waals surface area contributed by atoms with E-state index in [2.05, 4.69) is 47.2 Å². The third kappa shape index (κ3) is 2.71. The molecule has 4 rings (SSSR count). The van der Waals surface area contributed by atoms with Gasteiger partial charge < -0.3 is 9.30 Å². The van der Waals surface area contributed by atoms with Gasteiger partial charge in [0.2, 0.25) is 0 Å². The Labute approximate surface area is 156 Å². The van der Waals surface area contributed by atoms with Crippen LogP contribution in [0.25, 0.3) is 32.2 Å². The molecule has 0 unspecified atom stereocenters. The summed E-state index contributed by atoms with van der Waals surface area (Å²) in [6, 6.07) is 16.4. The minimum absolute atomic E-state index is 0.243. The Kier molecular flexibility index (Phi) is 4.51. The van der Waals surface area contributed by atoms with Crippen LogP contribution in [0.15, 0.2) is 53.9 Å². The van der Waals surface area contributed by atoms with E-state index in [0.29, 0.717) is 12.2 Å². The van der Waals surface area contributed by atoms with Gasteiger partial charge in [0.05, 0.1) is 17.7 Å². The first-order chi connectivity index (χ1) is 12.7. The van der Waals surface area contributed by atoms with Crippen molar-refractivity contribution in [2.24, 2.45) is 7.05 Å². The predicted octanol–water partition coefficient (Wildman–Crippen LogP) is 6.02. The van der Waals surface area contributed by atoms with E-state index in [9.17, 15) is 4.79 Å². The van der Waals surface area contributed by atoms with E-state index in [1.807, 2.05) is 25.2 Å². The summed E-state index contributed by atoms with van der Waals surface area (Å²) in [4.78, 5) is 13.9. The lowest BCUT2D eigenvalue weighted by Gasteiger charge is -2.10. The van der Waals surface area contributed by atoms with Gasteiger partial charge in [0.1, 0.15) is 0 Å². The highest BCUT2D eigenvalue weighted by Crippen LogP contribution is 2.39. The molecule has 4 aromatic rings. The first kappa shape index (κ1) is 16.9. The number of rotatable bonds is 5. The summed E-state index contributed by atoms with van der Waals surface area (Å²) in [5.41, 5.74) is 3.86. The fourth-order valence-electron chi connectivity index (χ4n) is 3.50. The SMILES string of the molecule is CCCCOC(=O)c1ccc(-c2cccs2)c2c3ccccc3n(C)c12. The van der Waals surface area contributed by atoms with E-state index in [0.717, 1.165) is 40.2 Å². The van der Waals surface area contributed by atoms with Crippen molar-refractivity contribution < 1.29 is 9.53 Å². The summed E-state index contributed by atoms with van der Waals surface area (Å²) in [6.45, 7) is 2.55. The smallest absolute Gasteiger partial charge is 0.340 e. The number of ether oxygens (including phenoxy) is 1. The molecule has 0 N–H and O–H groups in total. The number of fused-ring (bicyclic) bond motifs is 3. The van der Waals surface area contributed by atoms with Crippen molar-refractivity contribution in [2.75, 3.05) is 6.61 Å². The molecule has 4 heteroatoms. The molecule has 2 heterocycles. The normalized spacial score (nSPS) is 11.3. The highest BCUT2D eigenvalue weighted by molar-refractivity contribution is 7.13. The molecule has 0 fully saturated rings. The van der Waals surface area contributed by atoms with Gasteiger partial charge in [-0.05, 0) is 30.0 Å². The number of aromatic nitrogens is 1. The fourth-order valence-corrected chi connectivity index (χ4v) is 4.26. The molecule has 0 bridgehead atoms. The molecular weight excluding hydrogens is 342 g/mol. The first-order valence-corrected chi connectivity index (χ1v) is 9.81. The van der Waals surface area contributed by atoms with Gasteiger partial charge in [0.15, 0.2) is 0 Å². The van der Waals surface area contributed by atoms with Crippen LogP contribution in [0.5, 0.6) is 0 Å². The van der Waals surface area contributed by atoms with Gasteiger partial charge in [-0.2, -0.15) is 0 Å². The second kappa shape index (κ2) is 6.96. The maximum atomic E-state index is 12.7. The van der Waals surface area contributed by atoms with Crippen molar-refractivity contribution in [3.05, 3.63) is 59.5 Å². The van der Waals surface area contributed by atoms with Crippen LogP contribution in [0.4, 0.5) is 0 Å². The summed E-state index contributed by atoms with van der Waals surface area (Å²) in [7, 11) is 2.02. The number of hydrogen-bond acceptors (Lipinski definition) is 3. The zero-order chi connectivity index (χ0) is 18.1. The lowest BCUT2D eigenvalue weighted by molar-refractivity contribution is 0.0501. The molecular formula is C22H21NO2S. The number of carbonyl (C=O) groups is 1. The highest BCUT2D eigenvalue weighted by atomic mass is 32.1. The third-order valence-electron chi connectivity index (χ3n) is 4.79. The predicted molar refractivity (Wildman–Crippen MR) is 109 cm³/mol. The van der Waals surface area contributed by atoms with Crippen molar-refractivity contribution in [1.29, 1.82) is 0 Å². The van der Waals surface area contributed by atoms with Gasteiger partial charge in [0.25, 0.3) is 0 Å². The van der Waals surface area contributed by atoms with Crippen molar-refractivity contribution in [1.82, 2.24) is 4.57 Å². The number of unbranched alkanes of at least 4 members (excludes halogenated alkanes) is 1. The van der Waals surface area contributed by atoms with Gasteiger partial charge >= 0.3 is 5.97 Å². The van der Waals surface area contributed by atoms with Crippen molar-refractivity contribution in [3.8, 4) is 10.4 Å². The molecule has 0 saturated carbocycles. The van der Waals surface area contributed by atoms with Gasteiger partial charge in [-0.1, -0.05) is 43.7 Å². The lowest BCUT2D eigenvalue weighted by atomic mass is 10.0. The molecule has 0 spiro atoms.